The number of aromatic nitrogens is 3. The van der Waals surface area contributed by atoms with Crippen LogP contribution in [0.3, 0.4) is 0 Å². The van der Waals surface area contributed by atoms with Crippen molar-refractivity contribution in [2.24, 2.45) is 0 Å². The topological polar surface area (TPSA) is 54.7 Å². The van der Waals surface area contributed by atoms with Gasteiger partial charge in [0.15, 0.2) is 0 Å². The van der Waals surface area contributed by atoms with E-state index in [-0.39, 0.29) is 4.84 Å². The number of halogens is 1. The molecule has 3 rings (SSSR count). The highest BCUT2D eigenvalue weighted by Crippen LogP contribution is 2.29. The largest absolute Gasteiger partial charge is 0.408 e. The van der Waals surface area contributed by atoms with Crippen LogP contribution in [0.2, 0.25) is 5.02 Å². The first kappa shape index (κ1) is 11.6. The molecule has 0 radical (unpaired) electrons. The summed E-state index contributed by atoms with van der Waals surface area (Å²) in [7, 11) is 0. The number of thiazole rings is 1. The van der Waals surface area contributed by atoms with Crippen molar-refractivity contribution in [1.82, 2.24) is 15.2 Å². The van der Waals surface area contributed by atoms with Crippen LogP contribution in [0.15, 0.2) is 34.1 Å². The molecule has 2 aromatic heterocycles. The van der Waals surface area contributed by atoms with Crippen molar-refractivity contribution in [1.29, 1.82) is 0 Å². The zero-order chi connectivity index (χ0) is 12.5. The molecule has 7 heteroatoms. The van der Waals surface area contributed by atoms with Gasteiger partial charge in [0.25, 0.3) is 10.7 Å². The van der Waals surface area contributed by atoms with Crippen LogP contribution in [0.25, 0.3) is 22.2 Å². The first-order valence-electron chi connectivity index (χ1n) is 5.00. The van der Waals surface area contributed by atoms with Gasteiger partial charge in [-0.15, -0.1) is 16.4 Å². The molecule has 0 bridgehead atoms. The third-order valence-corrected chi connectivity index (χ3v) is 3.53. The van der Waals surface area contributed by atoms with Gasteiger partial charge in [-0.1, -0.05) is 23.7 Å². The van der Waals surface area contributed by atoms with Gasteiger partial charge in [0.1, 0.15) is 10.7 Å². The van der Waals surface area contributed by atoms with Gasteiger partial charge in [-0.25, -0.2) is 10.1 Å². The van der Waals surface area contributed by atoms with E-state index in [2.05, 4.69) is 15.2 Å². The summed E-state index contributed by atoms with van der Waals surface area (Å²) in [5, 5.41) is 9.91. The number of hydrogen-bond acceptors (Lipinski definition) is 5. The maximum Gasteiger partial charge on any atom is 0.284 e. The predicted molar refractivity (Wildman–Crippen MR) is 73.2 cm³/mol. The van der Waals surface area contributed by atoms with Crippen LogP contribution in [0, 0.1) is 4.84 Å². The lowest BCUT2D eigenvalue weighted by Gasteiger charge is -1.95. The van der Waals surface area contributed by atoms with Crippen LogP contribution in [0.4, 0.5) is 0 Å². The van der Waals surface area contributed by atoms with Gasteiger partial charge in [-0.05, 0) is 24.4 Å². The van der Waals surface area contributed by atoms with Crippen molar-refractivity contribution < 1.29 is 4.42 Å². The number of rotatable bonds is 2. The Bertz CT molecular complexity index is 746. The van der Waals surface area contributed by atoms with Crippen molar-refractivity contribution in [3.8, 4) is 22.2 Å². The Balaban J connectivity index is 2.01. The number of H-pyrrole nitrogens is 1. The highest BCUT2D eigenvalue weighted by molar-refractivity contribution is 7.71. The van der Waals surface area contributed by atoms with Gasteiger partial charge in [-0.2, -0.15) is 0 Å². The van der Waals surface area contributed by atoms with Crippen LogP contribution < -0.4 is 0 Å². The smallest absolute Gasteiger partial charge is 0.284 e. The van der Waals surface area contributed by atoms with Crippen molar-refractivity contribution in [2.45, 2.75) is 0 Å². The van der Waals surface area contributed by atoms with E-state index in [1.165, 1.54) is 11.3 Å². The average Bonchev–Trinajstić information content (AvgIpc) is 2.97. The maximum absolute atomic E-state index is 5.95. The Labute approximate surface area is 116 Å². The lowest BCUT2D eigenvalue weighted by atomic mass is 10.2. The van der Waals surface area contributed by atoms with Crippen LogP contribution in [-0.4, -0.2) is 15.2 Å². The molecule has 4 nitrogen and oxygen atoms in total. The quantitative estimate of drug-likeness (QED) is 0.721. The molecule has 0 saturated heterocycles. The van der Waals surface area contributed by atoms with E-state index >= 15 is 0 Å². The van der Waals surface area contributed by atoms with Crippen LogP contribution in [-0.2, 0) is 0 Å². The fraction of sp³-hybridized carbons (Fsp3) is 0. The van der Waals surface area contributed by atoms with Gasteiger partial charge in [0.05, 0.1) is 0 Å². The number of hydrogen-bond donors (Lipinski definition) is 1. The highest BCUT2D eigenvalue weighted by atomic mass is 35.5. The van der Waals surface area contributed by atoms with Crippen LogP contribution in [0.5, 0.6) is 0 Å². The summed E-state index contributed by atoms with van der Waals surface area (Å²) in [4.78, 5) is 4.68. The zero-order valence-corrected chi connectivity index (χ0v) is 11.3. The Morgan fingerprint density at radius 1 is 1.39 bits per heavy atom. The van der Waals surface area contributed by atoms with E-state index in [4.69, 9.17) is 28.2 Å². The maximum atomic E-state index is 5.95. The first-order chi connectivity index (χ1) is 8.72. The summed E-state index contributed by atoms with van der Waals surface area (Å²) in [6.45, 7) is 0. The molecular weight excluding hydrogens is 290 g/mol. The summed E-state index contributed by atoms with van der Waals surface area (Å²) in [5.41, 5.74) is 1.62. The normalized spacial score (nSPS) is 10.7. The van der Waals surface area contributed by atoms with Gasteiger partial charge in [-0.3, -0.25) is 0 Å². The molecule has 0 fully saturated rings. The number of benzene rings is 1. The lowest BCUT2D eigenvalue weighted by molar-refractivity contribution is 0.550. The Kier molecular flexibility index (Phi) is 2.99. The molecule has 0 aliphatic carbocycles. The summed E-state index contributed by atoms with van der Waals surface area (Å²) in [5.74, 6) is 0.393. The van der Waals surface area contributed by atoms with E-state index in [1.54, 1.807) is 0 Å². The zero-order valence-electron chi connectivity index (χ0n) is 8.88. The Morgan fingerprint density at radius 2 is 2.28 bits per heavy atom. The fourth-order valence-electron chi connectivity index (χ4n) is 1.47. The first-order valence-corrected chi connectivity index (χ1v) is 6.66. The summed E-state index contributed by atoms with van der Waals surface area (Å²) < 4.78 is 5.21. The summed E-state index contributed by atoms with van der Waals surface area (Å²) in [6, 6.07) is 7.53. The van der Waals surface area contributed by atoms with E-state index in [9.17, 15) is 0 Å². The Morgan fingerprint density at radius 3 is 3.00 bits per heavy atom. The molecule has 0 unspecified atom stereocenters. The second-order valence-corrected chi connectivity index (χ2v) is 5.13. The second kappa shape index (κ2) is 4.64. The number of nitrogens with one attached hydrogen (secondary N) is 1. The molecule has 90 valence electrons. The lowest BCUT2D eigenvalue weighted by Crippen LogP contribution is -1.79. The molecule has 18 heavy (non-hydrogen) atoms. The van der Waals surface area contributed by atoms with Crippen molar-refractivity contribution in [3.05, 3.63) is 39.5 Å². The highest BCUT2D eigenvalue weighted by Gasteiger charge is 2.10. The van der Waals surface area contributed by atoms with Crippen molar-refractivity contribution >= 4 is 35.2 Å². The minimum absolute atomic E-state index is 0.238. The van der Waals surface area contributed by atoms with Gasteiger partial charge < -0.3 is 4.42 Å². The third-order valence-electron chi connectivity index (χ3n) is 2.23. The molecule has 1 N–H and O–H groups in total. The van der Waals surface area contributed by atoms with Crippen LogP contribution >= 0.6 is 35.2 Å². The number of aromatic amines is 1. The minimum atomic E-state index is 0.238. The fourth-order valence-corrected chi connectivity index (χ4v) is 2.57. The number of nitrogens with zero attached hydrogens (tertiary/aromatic N) is 2. The van der Waals surface area contributed by atoms with Gasteiger partial charge in [0.2, 0.25) is 0 Å². The molecule has 0 atom stereocenters. The van der Waals surface area contributed by atoms with Crippen molar-refractivity contribution in [2.75, 3.05) is 0 Å². The summed E-state index contributed by atoms with van der Waals surface area (Å²) in [6.07, 6.45) is 0. The monoisotopic (exact) mass is 295 g/mol. The molecule has 3 aromatic rings. The van der Waals surface area contributed by atoms with Gasteiger partial charge >= 0.3 is 0 Å². The average molecular weight is 296 g/mol. The molecule has 0 saturated carbocycles. The molecule has 2 heterocycles. The standard InChI is InChI=1S/C11H6ClN3OS2/c12-7-3-1-2-6(4-7)10-13-8(5-18-10)9-14-15-11(17)16-9/h1-5H,(H,15,17). The molecule has 0 aliphatic rings. The summed E-state index contributed by atoms with van der Waals surface area (Å²) >= 11 is 12.3. The molecule has 0 aliphatic heterocycles. The molecular formula is C11H6ClN3OS2. The second-order valence-electron chi connectivity index (χ2n) is 3.47. The Hall–Kier alpha value is -1.50. The van der Waals surface area contributed by atoms with E-state index in [0.717, 1.165) is 10.6 Å². The van der Waals surface area contributed by atoms with E-state index in [1.807, 2.05) is 29.6 Å². The molecule has 1 aromatic carbocycles. The minimum Gasteiger partial charge on any atom is -0.408 e. The van der Waals surface area contributed by atoms with E-state index < -0.39 is 0 Å². The van der Waals surface area contributed by atoms with Crippen LogP contribution in [0.1, 0.15) is 0 Å². The SMILES string of the molecule is S=c1[nH]nc(-c2csc(-c3cccc(Cl)c3)n2)o1. The van der Waals surface area contributed by atoms with E-state index in [0.29, 0.717) is 16.6 Å². The molecule has 0 spiro atoms. The van der Waals surface area contributed by atoms with Crippen molar-refractivity contribution in [3.63, 3.8) is 0 Å². The van der Waals surface area contributed by atoms with Gasteiger partial charge in [0, 0.05) is 16.0 Å². The third kappa shape index (κ3) is 2.22. The molecule has 0 amide bonds. The predicted octanol–water partition coefficient (Wildman–Crippen LogP) is 4.18.